The molecule has 1 saturated carbocycles. The van der Waals surface area contributed by atoms with Crippen LogP contribution in [-0.2, 0) is 9.59 Å². The van der Waals surface area contributed by atoms with Crippen molar-refractivity contribution in [1.82, 2.24) is 5.32 Å². The van der Waals surface area contributed by atoms with Gasteiger partial charge in [-0.15, -0.1) is 0 Å². The average Bonchev–Trinajstić information content (AvgIpc) is 3.11. The van der Waals surface area contributed by atoms with Gasteiger partial charge in [0, 0.05) is 25.8 Å². The van der Waals surface area contributed by atoms with Crippen LogP contribution in [0, 0.1) is 11.8 Å². The molecular weight excluding hydrogens is 238 g/mol. The zero-order valence-corrected chi connectivity index (χ0v) is 12.0. The van der Waals surface area contributed by atoms with Gasteiger partial charge in [0.05, 0.1) is 0 Å². The van der Waals surface area contributed by atoms with Crippen LogP contribution in [0.2, 0.25) is 0 Å². The van der Waals surface area contributed by atoms with Gasteiger partial charge in [-0.2, -0.15) is 0 Å². The Morgan fingerprint density at radius 2 is 1.53 bits per heavy atom. The molecule has 0 aromatic carbocycles. The Hall–Kier alpha value is -0.860. The molecule has 2 aliphatic rings. The molecule has 1 aliphatic heterocycles. The largest absolute Gasteiger partial charge is 0.356 e. The van der Waals surface area contributed by atoms with Crippen LogP contribution in [0.1, 0.15) is 70.6 Å². The molecule has 108 valence electrons. The molecule has 0 aromatic rings. The topological polar surface area (TPSA) is 46.2 Å². The summed E-state index contributed by atoms with van der Waals surface area (Å²) in [6.45, 7) is 0.827. The molecule has 1 N–H and O–H groups in total. The maximum atomic E-state index is 11.6. The lowest BCUT2D eigenvalue weighted by atomic mass is 10.0. The normalized spacial score (nSPS) is 31.4. The highest BCUT2D eigenvalue weighted by Gasteiger charge is 2.35. The van der Waals surface area contributed by atoms with Gasteiger partial charge in [0.2, 0.25) is 5.91 Å². The molecule has 0 bridgehead atoms. The molecule has 1 amide bonds. The van der Waals surface area contributed by atoms with E-state index in [1.807, 2.05) is 0 Å². The van der Waals surface area contributed by atoms with Gasteiger partial charge in [-0.3, -0.25) is 9.59 Å². The Balaban J connectivity index is 1.71. The predicted molar refractivity (Wildman–Crippen MR) is 75.8 cm³/mol. The number of nitrogens with one attached hydrogen (secondary N) is 1. The van der Waals surface area contributed by atoms with Gasteiger partial charge in [-0.25, -0.2) is 0 Å². The van der Waals surface area contributed by atoms with Crippen LogP contribution < -0.4 is 5.32 Å². The highest BCUT2D eigenvalue weighted by atomic mass is 16.1. The lowest BCUT2D eigenvalue weighted by Gasteiger charge is -2.06. The predicted octanol–water partition coefficient (Wildman–Crippen LogP) is 3.22. The second-order valence-electron chi connectivity index (χ2n) is 6.24. The lowest BCUT2D eigenvalue weighted by molar-refractivity contribution is -0.121. The first-order valence-corrected chi connectivity index (χ1v) is 8.04. The van der Waals surface area contributed by atoms with E-state index in [1.54, 1.807) is 0 Å². The van der Waals surface area contributed by atoms with Crippen molar-refractivity contribution >= 4 is 11.7 Å². The van der Waals surface area contributed by atoms with Crippen molar-refractivity contribution in [2.75, 3.05) is 6.54 Å². The van der Waals surface area contributed by atoms with E-state index in [1.165, 1.54) is 32.1 Å². The third kappa shape index (κ3) is 5.75. The number of hydrogen-bond acceptors (Lipinski definition) is 2. The molecule has 2 unspecified atom stereocenters. The van der Waals surface area contributed by atoms with Gasteiger partial charge >= 0.3 is 0 Å². The van der Waals surface area contributed by atoms with E-state index in [-0.39, 0.29) is 5.91 Å². The number of carbonyl (C=O) groups is 2. The molecule has 1 aliphatic carbocycles. The molecule has 2 rings (SSSR count). The van der Waals surface area contributed by atoms with Crippen LogP contribution in [0.5, 0.6) is 0 Å². The van der Waals surface area contributed by atoms with Gasteiger partial charge in [0.15, 0.2) is 0 Å². The molecule has 2 fully saturated rings. The highest BCUT2D eigenvalue weighted by Crippen LogP contribution is 2.44. The lowest BCUT2D eigenvalue weighted by Crippen LogP contribution is -2.24. The first-order valence-electron chi connectivity index (χ1n) is 8.04. The van der Waals surface area contributed by atoms with Gasteiger partial charge in [0.25, 0.3) is 0 Å². The monoisotopic (exact) mass is 265 g/mol. The molecule has 0 radical (unpaired) electrons. The summed E-state index contributed by atoms with van der Waals surface area (Å²) in [5.41, 5.74) is 0. The Morgan fingerprint density at radius 3 is 2.42 bits per heavy atom. The van der Waals surface area contributed by atoms with E-state index >= 15 is 0 Å². The highest BCUT2D eigenvalue weighted by molar-refractivity contribution is 5.80. The smallest absolute Gasteiger partial charge is 0.220 e. The summed E-state index contributed by atoms with van der Waals surface area (Å²) in [6.07, 6.45) is 11.2. The fourth-order valence-electron chi connectivity index (χ4n) is 3.16. The van der Waals surface area contributed by atoms with Gasteiger partial charge in [0.1, 0.15) is 5.78 Å². The minimum absolute atomic E-state index is 0.122. The molecule has 3 heteroatoms. The molecule has 1 saturated heterocycles. The van der Waals surface area contributed by atoms with Crippen molar-refractivity contribution in [3.05, 3.63) is 0 Å². The Morgan fingerprint density at radius 1 is 0.789 bits per heavy atom. The van der Waals surface area contributed by atoms with Crippen LogP contribution in [0.3, 0.4) is 0 Å². The maximum Gasteiger partial charge on any atom is 0.220 e. The molecule has 3 nitrogen and oxygen atoms in total. The quantitative estimate of drug-likeness (QED) is 0.731. The number of Topliss-reactive ketones (excluding diaryl/α,β-unsaturated/α-hetero) is 1. The van der Waals surface area contributed by atoms with Gasteiger partial charge < -0.3 is 5.32 Å². The molecular formula is C16H27NO2. The third-order valence-electron chi connectivity index (χ3n) is 4.55. The third-order valence-corrected chi connectivity index (χ3v) is 4.55. The fourth-order valence-corrected chi connectivity index (χ4v) is 3.16. The van der Waals surface area contributed by atoms with Crippen LogP contribution in [0.15, 0.2) is 0 Å². The van der Waals surface area contributed by atoms with Crippen molar-refractivity contribution in [1.29, 1.82) is 0 Å². The van der Waals surface area contributed by atoms with Crippen molar-refractivity contribution in [2.45, 2.75) is 70.6 Å². The first-order chi connectivity index (χ1) is 9.25. The van der Waals surface area contributed by atoms with Crippen molar-refractivity contribution in [2.24, 2.45) is 11.8 Å². The van der Waals surface area contributed by atoms with Gasteiger partial charge in [-0.1, -0.05) is 25.7 Å². The summed E-state index contributed by atoms with van der Waals surface area (Å²) in [5.74, 6) is 2.25. The fraction of sp³-hybridized carbons (Fsp3) is 0.875. The summed E-state index contributed by atoms with van der Waals surface area (Å²) in [4.78, 5) is 23.2. The number of amides is 1. The van der Waals surface area contributed by atoms with E-state index in [9.17, 15) is 9.59 Å². The number of hydrogen-bond donors (Lipinski definition) is 1. The van der Waals surface area contributed by atoms with E-state index in [4.69, 9.17) is 0 Å². The molecule has 1 heterocycles. The van der Waals surface area contributed by atoms with E-state index in [2.05, 4.69) is 5.32 Å². The minimum Gasteiger partial charge on any atom is -0.356 e. The van der Waals surface area contributed by atoms with Crippen molar-refractivity contribution in [3.63, 3.8) is 0 Å². The minimum atomic E-state index is 0.122. The van der Waals surface area contributed by atoms with Crippen LogP contribution in [0.25, 0.3) is 0 Å². The summed E-state index contributed by atoms with van der Waals surface area (Å²) in [5, 5.41) is 2.99. The maximum absolute atomic E-state index is 11.6. The second-order valence-corrected chi connectivity index (χ2v) is 6.24. The van der Waals surface area contributed by atoms with Gasteiger partial charge in [-0.05, 0) is 37.5 Å². The summed E-state index contributed by atoms with van der Waals surface area (Å²) < 4.78 is 0. The molecule has 2 atom stereocenters. The average molecular weight is 265 g/mol. The van der Waals surface area contributed by atoms with E-state index in [0.717, 1.165) is 37.6 Å². The van der Waals surface area contributed by atoms with Crippen molar-refractivity contribution in [3.8, 4) is 0 Å². The number of ketones is 1. The Labute approximate surface area is 116 Å². The number of carbonyl (C=O) groups excluding carboxylic acids is 2. The second kappa shape index (κ2) is 7.66. The molecule has 19 heavy (non-hydrogen) atoms. The van der Waals surface area contributed by atoms with Crippen LogP contribution in [0.4, 0.5) is 0 Å². The zero-order chi connectivity index (χ0) is 13.5. The van der Waals surface area contributed by atoms with Crippen LogP contribution >= 0.6 is 0 Å². The van der Waals surface area contributed by atoms with E-state index < -0.39 is 0 Å². The standard InChI is InChI=1S/C16H27NO2/c18-15-7-4-2-1-3-6-13-12-14(13)10-11-17-16(19)9-5-8-15/h13-14H,1-12H2,(H,17,19). The molecule has 0 aromatic heterocycles. The number of fused-ring (bicyclic) bond motifs is 1. The summed E-state index contributed by atoms with van der Waals surface area (Å²) >= 11 is 0. The summed E-state index contributed by atoms with van der Waals surface area (Å²) in [7, 11) is 0. The Bertz CT molecular complexity index is 314. The van der Waals surface area contributed by atoms with E-state index in [0.29, 0.717) is 25.0 Å². The SMILES string of the molecule is O=C1CCCCCCC2CC2CCNC(=O)CCC1. The first kappa shape index (κ1) is 14.5. The summed E-state index contributed by atoms with van der Waals surface area (Å²) in [6, 6.07) is 0. The number of rotatable bonds is 0. The molecule has 0 spiro atoms. The van der Waals surface area contributed by atoms with Crippen molar-refractivity contribution < 1.29 is 9.59 Å². The van der Waals surface area contributed by atoms with Crippen LogP contribution in [-0.4, -0.2) is 18.2 Å². The Kier molecular flexibility index (Phi) is 5.87. The zero-order valence-electron chi connectivity index (χ0n) is 12.0.